The average molecular weight is 477 g/mol. The van der Waals surface area contributed by atoms with Crippen molar-refractivity contribution >= 4 is 23.2 Å². The van der Waals surface area contributed by atoms with Crippen molar-refractivity contribution in [2.75, 3.05) is 0 Å². The molecule has 0 radical (unpaired) electrons. The number of pyridine rings is 1. The van der Waals surface area contributed by atoms with E-state index in [2.05, 4.69) is 0 Å². The van der Waals surface area contributed by atoms with Crippen LogP contribution in [0.1, 0.15) is 34.0 Å². The van der Waals surface area contributed by atoms with Crippen molar-refractivity contribution in [3.8, 4) is 11.1 Å². The number of nitrogens with zero attached hydrogens (tertiary/aromatic N) is 1. The predicted molar refractivity (Wildman–Crippen MR) is 138 cm³/mol. The zero-order chi connectivity index (χ0) is 23.5. The fourth-order valence-electron chi connectivity index (χ4n) is 4.33. The van der Waals surface area contributed by atoms with E-state index in [0.29, 0.717) is 28.6 Å². The summed E-state index contributed by atoms with van der Waals surface area (Å²) in [5.41, 5.74) is 12.6. The Bertz CT molecular complexity index is 1350. The van der Waals surface area contributed by atoms with E-state index in [4.69, 9.17) is 28.9 Å². The Morgan fingerprint density at radius 2 is 1.45 bits per heavy atom. The van der Waals surface area contributed by atoms with Crippen LogP contribution in [0.4, 0.5) is 0 Å². The Balaban J connectivity index is 1.92. The second-order valence-electron chi connectivity index (χ2n) is 8.24. The van der Waals surface area contributed by atoms with E-state index in [-0.39, 0.29) is 11.6 Å². The summed E-state index contributed by atoms with van der Waals surface area (Å²) in [5, 5.41) is 1.25. The van der Waals surface area contributed by atoms with Crippen LogP contribution in [-0.4, -0.2) is 4.57 Å². The molecule has 5 heteroatoms. The maximum atomic E-state index is 13.8. The van der Waals surface area contributed by atoms with Crippen molar-refractivity contribution in [2.45, 2.75) is 32.9 Å². The lowest BCUT2D eigenvalue weighted by molar-refractivity contribution is 0.548. The third-order valence-electron chi connectivity index (χ3n) is 6.20. The predicted octanol–water partition coefficient (Wildman–Crippen LogP) is 6.73. The van der Waals surface area contributed by atoms with Crippen LogP contribution < -0.4 is 11.3 Å². The molecule has 0 fully saturated rings. The first kappa shape index (κ1) is 23.3. The van der Waals surface area contributed by atoms with Crippen LogP contribution in [0.2, 0.25) is 10.0 Å². The Kier molecular flexibility index (Phi) is 7.04. The molecule has 0 bridgehead atoms. The van der Waals surface area contributed by atoms with Crippen LogP contribution in [0.15, 0.2) is 83.7 Å². The zero-order valence-electron chi connectivity index (χ0n) is 18.7. The lowest BCUT2D eigenvalue weighted by Gasteiger charge is -2.23. The van der Waals surface area contributed by atoms with Crippen LogP contribution >= 0.6 is 23.2 Å². The molecule has 4 rings (SSSR count). The molecule has 0 aliphatic carbocycles. The van der Waals surface area contributed by atoms with Crippen LogP contribution in [-0.2, 0) is 13.0 Å². The summed E-state index contributed by atoms with van der Waals surface area (Å²) < 4.78 is 1.79. The van der Waals surface area contributed by atoms with Crippen LogP contribution in [0.3, 0.4) is 0 Å². The number of rotatable bonds is 6. The largest absolute Gasteiger partial charge is 0.322 e. The van der Waals surface area contributed by atoms with E-state index < -0.39 is 0 Å². The zero-order valence-corrected chi connectivity index (χ0v) is 20.2. The molecular formula is C28H26Cl2N2O. The SMILES string of the molecule is Cc1c(Cc2ccccc2Cl)c(C)n(CC(N)c2ccccc2)c(=O)c1-c1ccccc1Cl. The molecule has 1 atom stereocenters. The molecule has 33 heavy (non-hydrogen) atoms. The van der Waals surface area contributed by atoms with E-state index >= 15 is 0 Å². The third-order valence-corrected chi connectivity index (χ3v) is 6.90. The highest BCUT2D eigenvalue weighted by Crippen LogP contribution is 2.32. The number of benzene rings is 3. The van der Waals surface area contributed by atoms with Gasteiger partial charge in [-0.2, -0.15) is 0 Å². The van der Waals surface area contributed by atoms with Crippen molar-refractivity contribution in [1.82, 2.24) is 4.57 Å². The van der Waals surface area contributed by atoms with Gasteiger partial charge in [-0.25, -0.2) is 0 Å². The van der Waals surface area contributed by atoms with Gasteiger partial charge in [0, 0.05) is 40.3 Å². The molecule has 0 aliphatic rings. The fraction of sp³-hybridized carbons (Fsp3) is 0.179. The Labute approximate surface area is 204 Å². The molecule has 0 amide bonds. The van der Waals surface area contributed by atoms with Crippen molar-refractivity contribution < 1.29 is 0 Å². The quantitative estimate of drug-likeness (QED) is 0.335. The van der Waals surface area contributed by atoms with Gasteiger partial charge in [0.15, 0.2) is 0 Å². The number of nitrogens with two attached hydrogens (primary N) is 1. The highest BCUT2D eigenvalue weighted by atomic mass is 35.5. The van der Waals surface area contributed by atoms with Gasteiger partial charge in [-0.05, 0) is 48.2 Å². The van der Waals surface area contributed by atoms with Gasteiger partial charge in [-0.1, -0.05) is 89.9 Å². The van der Waals surface area contributed by atoms with Crippen molar-refractivity contribution in [1.29, 1.82) is 0 Å². The van der Waals surface area contributed by atoms with Gasteiger partial charge in [0.2, 0.25) is 0 Å². The van der Waals surface area contributed by atoms with E-state index in [1.165, 1.54) is 0 Å². The van der Waals surface area contributed by atoms with Crippen LogP contribution in [0, 0.1) is 13.8 Å². The average Bonchev–Trinajstić information content (AvgIpc) is 2.82. The summed E-state index contributed by atoms with van der Waals surface area (Å²) in [6.45, 7) is 4.33. The van der Waals surface area contributed by atoms with Gasteiger partial charge in [0.1, 0.15) is 0 Å². The van der Waals surface area contributed by atoms with E-state index in [1.54, 1.807) is 4.57 Å². The second kappa shape index (κ2) is 9.96. The number of hydrogen-bond acceptors (Lipinski definition) is 2. The van der Waals surface area contributed by atoms with Gasteiger partial charge in [0.25, 0.3) is 5.56 Å². The third kappa shape index (κ3) is 4.77. The first-order valence-electron chi connectivity index (χ1n) is 10.9. The van der Waals surface area contributed by atoms with Gasteiger partial charge < -0.3 is 10.3 Å². The molecule has 1 aromatic heterocycles. The van der Waals surface area contributed by atoms with Gasteiger partial charge in [-0.3, -0.25) is 4.79 Å². The molecule has 2 N–H and O–H groups in total. The maximum Gasteiger partial charge on any atom is 0.259 e. The van der Waals surface area contributed by atoms with Gasteiger partial charge in [-0.15, -0.1) is 0 Å². The Morgan fingerprint density at radius 3 is 2.12 bits per heavy atom. The molecular weight excluding hydrogens is 451 g/mol. The van der Waals surface area contributed by atoms with Crippen LogP contribution in [0.5, 0.6) is 0 Å². The molecule has 1 unspecified atom stereocenters. The monoisotopic (exact) mass is 476 g/mol. The van der Waals surface area contributed by atoms with Gasteiger partial charge in [0.05, 0.1) is 5.56 Å². The second-order valence-corrected chi connectivity index (χ2v) is 9.06. The normalized spacial score (nSPS) is 12.0. The summed E-state index contributed by atoms with van der Waals surface area (Å²) in [6.07, 6.45) is 0.607. The fourth-order valence-corrected chi connectivity index (χ4v) is 4.76. The minimum atomic E-state index is -0.322. The summed E-state index contributed by atoms with van der Waals surface area (Å²) in [5.74, 6) is 0. The van der Waals surface area contributed by atoms with Crippen molar-refractivity contribution in [3.63, 3.8) is 0 Å². The minimum Gasteiger partial charge on any atom is -0.322 e. The summed E-state index contributed by atoms with van der Waals surface area (Å²) in [4.78, 5) is 13.8. The molecule has 1 heterocycles. The molecule has 3 nitrogen and oxygen atoms in total. The maximum absolute atomic E-state index is 13.8. The van der Waals surface area contributed by atoms with Gasteiger partial charge >= 0.3 is 0 Å². The molecule has 3 aromatic carbocycles. The highest BCUT2D eigenvalue weighted by molar-refractivity contribution is 6.33. The number of aromatic nitrogens is 1. The van der Waals surface area contributed by atoms with Crippen molar-refractivity contribution in [2.24, 2.45) is 5.73 Å². The summed E-state index contributed by atoms with van der Waals surface area (Å²) >= 11 is 13.0. The first-order valence-corrected chi connectivity index (χ1v) is 11.7. The highest BCUT2D eigenvalue weighted by Gasteiger charge is 2.22. The molecule has 0 saturated carbocycles. The summed E-state index contributed by atoms with van der Waals surface area (Å²) in [7, 11) is 0. The number of halogens is 2. The summed E-state index contributed by atoms with van der Waals surface area (Å²) in [6, 6.07) is 24.8. The molecule has 0 spiro atoms. The Morgan fingerprint density at radius 1 is 0.848 bits per heavy atom. The minimum absolute atomic E-state index is 0.0904. The van der Waals surface area contributed by atoms with E-state index in [1.807, 2.05) is 92.7 Å². The Hall–Kier alpha value is -2.85. The van der Waals surface area contributed by atoms with E-state index in [9.17, 15) is 4.79 Å². The first-order chi connectivity index (χ1) is 15.9. The number of hydrogen-bond donors (Lipinski definition) is 1. The molecule has 4 aromatic rings. The lowest BCUT2D eigenvalue weighted by atomic mass is 9.92. The van der Waals surface area contributed by atoms with Crippen molar-refractivity contribution in [3.05, 3.63) is 127 Å². The van der Waals surface area contributed by atoms with E-state index in [0.717, 1.165) is 33.5 Å². The van der Waals surface area contributed by atoms with Crippen LogP contribution in [0.25, 0.3) is 11.1 Å². The standard InChI is InChI=1S/C28H26Cl2N2O/c1-18-23(16-21-12-6-8-14-24(21)29)19(2)32(17-26(31)20-10-4-3-5-11-20)28(33)27(18)22-13-7-9-15-25(22)30/h3-15,26H,16-17,31H2,1-2H3. The molecule has 0 saturated heterocycles. The molecule has 168 valence electrons. The molecule has 0 aliphatic heterocycles. The smallest absolute Gasteiger partial charge is 0.259 e. The lowest BCUT2D eigenvalue weighted by Crippen LogP contribution is -2.31. The topological polar surface area (TPSA) is 48.0 Å².